The van der Waals surface area contributed by atoms with Crippen molar-refractivity contribution in [3.05, 3.63) is 23.8 Å². The summed E-state index contributed by atoms with van der Waals surface area (Å²) in [5.74, 6) is -1.32. The molecule has 1 aliphatic heterocycles. The van der Waals surface area contributed by atoms with Crippen molar-refractivity contribution in [2.24, 2.45) is 34.5 Å². The van der Waals surface area contributed by atoms with Gasteiger partial charge >= 0.3 is 11.9 Å². The summed E-state index contributed by atoms with van der Waals surface area (Å²) in [4.78, 5) is 29.9. The number of hydrogen-bond donors (Lipinski definition) is 1. The van der Waals surface area contributed by atoms with Crippen molar-refractivity contribution < 1.29 is 52.6 Å². The van der Waals surface area contributed by atoms with E-state index in [9.17, 15) is 14.7 Å². The number of hydrogen-bond acceptors (Lipinski definition) is 12. The fraction of sp³-hybridized carbons (Fsp3) is 0.778. The number of esters is 2. The van der Waals surface area contributed by atoms with E-state index in [1.165, 1.54) is 21.1 Å². The van der Waals surface area contributed by atoms with Crippen molar-refractivity contribution in [3.8, 4) is 11.5 Å². The molecule has 0 radical (unpaired) electrons. The number of nitrogens with zero attached hydrogens (tertiary/aromatic N) is 1. The van der Waals surface area contributed by atoms with Gasteiger partial charge in [0, 0.05) is 83.0 Å². The molecule has 1 saturated heterocycles. The van der Waals surface area contributed by atoms with Gasteiger partial charge in [-0.1, -0.05) is 6.92 Å². The lowest BCUT2D eigenvalue weighted by atomic mass is 9.43. The van der Waals surface area contributed by atoms with Crippen LogP contribution in [0.4, 0.5) is 0 Å². The first kappa shape index (κ1) is 34.0. The van der Waals surface area contributed by atoms with E-state index in [4.69, 9.17) is 37.9 Å². The predicted octanol–water partition coefficient (Wildman–Crippen LogP) is 2.72. The first-order chi connectivity index (χ1) is 23.0. The summed E-state index contributed by atoms with van der Waals surface area (Å²) >= 11 is 0. The predicted molar refractivity (Wildman–Crippen MR) is 171 cm³/mol. The highest BCUT2D eigenvalue weighted by atomic mass is 16.6. The molecule has 0 amide bonds. The number of carbonyl (C=O) groups is 2. The molecule has 1 aromatic carbocycles. The normalized spacial score (nSPS) is 45.1. The molecule has 1 heterocycles. The number of ether oxygens (including phenoxy) is 8. The summed E-state index contributed by atoms with van der Waals surface area (Å²) in [7, 11) is 9.88. The number of benzene rings is 1. The van der Waals surface area contributed by atoms with Gasteiger partial charge in [0.1, 0.15) is 17.3 Å². The Morgan fingerprint density at radius 1 is 0.958 bits per heavy atom. The van der Waals surface area contributed by atoms with Gasteiger partial charge < -0.3 is 43.0 Å². The lowest BCUT2D eigenvalue weighted by Gasteiger charge is -2.69. The third-order valence-electron chi connectivity index (χ3n) is 13.6. The lowest BCUT2D eigenvalue weighted by Crippen LogP contribution is -2.77. The SMILES string of the molecule is CCN1CC2(COC)CCC(OC)C34C5CC6(O)C(OC)CC(OC(C)=O)(C5C6OC(=O)c5ccc(OC)c(OC)c5)C(C(OC)C23)C14. The van der Waals surface area contributed by atoms with Crippen LogP contribution in [0.25, 0.3) is 0 Å². The summed E-state index contributed by atoms with van der Waals surface area (Å²) < 4.78 is 49.2. The number of likely N-dealkylation sites (tertiary alicyclic amines) is 1. The van der Waals surface area contributed by atoms with Crippen LogP contribution in [-0.4, -0.2) is 126 Å². The first-order valence-corrected chi connectivity index (χ1v) is 17.2. The Labute approximate surface area is 282 Å². The lowest BCUT2D eigenvalue weighted by molar-refractivity contribution is -0.287. The average molecular weight is 674 g/mol. The maximum atomic E-state index is 14.1. The van der Waals surface area contributed by atoms with E-state index in [0.29, 0.717) is 24.5 Å². The molecule has 48 heavy (non-hydrogen) atoms. The minimum absolute atomic E-state index is 0.0139. The smallest absolute Gasteiger partial charge is 0.338 e. The highest BCUT2D eigenvalue weighted by molar-refractivity contribution is 5.90. The zero-order valence-electron chi connectivity index (χ0n) is 29.4. The largest absolute Gasteiger partial charge is 0.493 e. The van der Waals surface area contributed by atoms with Crippen molar-refractivity contribution in [2.75, 3.05) is 62.4 Å². The molecule has 12 heteroatoms. The average Bonchev–Trinajstić information content (AvgIpc) is 3.45. The molecule has 1 N–H and O–H groups in total. The van der Waals surface area contributed by atoms with E-state index in [1.54, 1.807) is 46.6 Å². The van der Waals surface area contributed by atoms with E-state index in [1.807, 2.05) is 0 Å². The van der Waals surface area contributed by atoms with Gasteiger partial charge in [-0.25, -0.2) is 4.79 Å². The van der Waals surface area contributed by atoms with Crippen LogP contribution in [-0.2, 0) is 33.2 Å². The molecule has 12 nitrogen and oxygen atoms in total. The van der Waals surface area contributed by atoms with Crippen LogP contribution >= 0.6 is 0 Å². The number of fused-ring (bicyclic) bond motifs is 2. The number of methoxy groups -OCH3 is 6. The minimum Gasteiger partial charge on any atom is -0.493 e. The number of aliphatic hydroxyl groups is 1. The first-order valence-electron chi connectivity index (χ1n) is 17.2. The van der Waals surface area contributed by atoms with E-state index in [2.05, 4.69) is 11.8 Å². The molecule has 5 saturated carbocycles. The van der Waals surface area contributed by atoms with Gasteiger partial charge in [0.05, 0.1) is 44.7 Å². The summed E-state index contributed by atoms with van der Waals surface area (Å²) in [6, 6.07) is 4.76. The van der Waals surface area contributed by atoms with Crippen LogP contribution in [0.3, 0.4) is 0 Å². The molecular weight excluding hydrogens is 622 g/mol. The van der Waals surface area contributed by atoms with Crippen LogP contribution in [0.2, 0.25) is 0 Å². The molecule has 6 aliphatic rings. The molecule has 13 atom stereocenters. The standard InChI is InChI=1S/C36H51NO11/c1-9-37-17-33(18-41-3)13-12-24(44-6)36-21-15-34(40)25(45-7)16-35(48-19(2)38,27(30(36)37)28(46-8)29(33)36)26(21)31(34)47-32(39)20-10-11-22(42-4)23(14-20)43-5/h10-11,14,21,24-31,40H,9,12-13,15-18H2,1-8H3. The monoisotopic (exact) mass is 673 g/mol. The van der Waals surface area contributed by atoms with Crippen LogP contribution in [0, 0.1) is 34.5 Å². The molecule has 7 bridgehead atoms. The third kappa shape index (κ3) is 4.10. The molecule has 1 spiro atoms. The molecule has 5 aliphatic carbocycles. The molecule has 6 fully saturated rings. The Morgan fingerprint density at radius 2 is 1.69 bits per heavy atom. The van der Waals surface area contributed by atoms with Crippen molar-refractivity contribution in [1.29, 1.82) is 0 Å². The van der Waals surface area contributed by atoms with Gasteiger partial charge in [0.15, 0.2) is 11.5 Å². The molecule has 13 unspecified atom stereocenters. The Kier molecular flexibility index (Phi) is 8.36. The van der Waals surface area contributed by atoms with E-state index in [0.717, 1.165) is 25.9 Å². The fourth-order valence-electron chi connectivity index (χ4n) is 12.7. The van der Waals surface area contributed by atoms with E-state index in [-0.39, 0.29) is 53.4 Å². The molecule has 7 rings (SSSR count). The number of piperidine rings is 1. The Balaban J connectivity index is 1.45. The van der Waals surface area contributed by atoms with Crippen molar-refractivity contribution >= 4 is 11.9 Å². The van der Waals surface area contributed by atoms with Crippen molar-refractivity contribution in [1.82, 2.24) is 4.90 Å². The Morgan fingerprint density at radius 3 is 2.29 bits per heavy atom. The van der Waals surface area contributed by atoms with Gasteiger partial charge in [-0.15, -0.1) is 0 Å². The highest BCUT2D eigenvalue weighted by Gasteiger charge is 2.89. The van der Waals surface area contributed by atoms with Crippen LogP contribution < -0.4 is 9.47 Å². The summed E-state index contributed by atoms with van der Waals surface area (Å²) in [6.07, 6.45) is -0.0408. The molecule has 1 aromatic rings. The van der Waals surface area contributed by atoms with Gasteiger partial charge in [-0.2, -0.15) is 0 Å². The quantitative estimate of drug-likeness (QED) is 0.347. The van der Waals surface area contributed by atoms with E-state index >= 15 is 0 Å². The van der Waals surface area contributed by atoms with Crippen molar-refractivity contribution in [3.63, 3.8) is 0 Å². The number of rotatable bonds is 11. The second-order valence-electron chi connectivity index (χ2n) is 15.0. The number of carbonyl (C=O) groups excluding carboxylic acids is 2. The topological polar surface area (TPSA) is 131 Å². The van der Waals surface area contributed by atoms with Gasteiger partial charge in [0.25, 0.3) is 0 Å². The molecular formula is C36H51NO11. The highest BCUT2D eigenvalue weighted by Crippen LogP contribution is 2.80. The Bertz CT molecular complexity index is 1440. The fourth-order valence-corrected chi connectivity index (χ4v) is 12.7. The van der Waals surface area contributed by atoms with E-state index < -0.39 is 46.7 Å². The third-order valence-corrected chi connectivity index (χ3v) is 13.6. The maximum Gasteiger partial charge on any atom is 0.338 e. The maximum absolute atomic E-state index is 14.1. The van der Waals surface area contributed by atoms with Gasteiger partial charge in [-0.05, 0) is 49.9 Å². The van der Waals surface area contributed by atoms with Crippen molar-refractivity contribution in [2.45, 2.75) is 81.2 Å². The summed E-state index contributed by atoms with van der Waals surface area (Å²) in [6.45, 7) is 5.75. The second-order valence-corrected chi connectivity index (χ2v) is 15.0. The summed E-state index contributed by atoms with van der Waals surface area (Å²) in [5, 5.41) is 12.9. The zero-order chi connectivity index (χ0) is 34.4. The zero-order valence-corrected chi connectivity index (χ0v) is 29.4. The minimum atomic E-state index is -1.55. The summed E-state index contributed by atoms with van der Waals surface area (Å²) in [5.41, 5.74) is -3.23. The van der Waals surface area contributed by atoms with Crippen LogP contribution in [0.15, 0.2) is 18.2 Å². The molecule has 266 valence electrons. The van der Waals surface area contributed by atoms with Gasteiger partial charge in [0.2, 0.25) is 0 Å². The second kappa shape index (κ2) is 11.8. The van der Waals surface area contributed by atoms with Gasteiger partial charge in [-0.3, -0.25) is 9.69 Å². The van der Waals surface area contributed by atoms with Crippen LogP contribution in [0.1, 0.15) is 49.9 Å². The Hall–Kier alpha value is -2.48. The molecule has 0 aromatic heterocycles. The van der Waals surface area contributed by atoms with Crippen LogP contribution in [0.5, 0.6) is 11.5 Å².